The summed E-state index contributed by atoms with van der Waals surface area (Å²) in [4.78, 5) is 2.35. The highest BCUT2D eigenvalue weighted by molar-refractivity contribution is 9.10. The molecule has 1 aliphatic heterocycles. The fraction of sp³-hybridized carbons (Fsp3) is 0.333. The largest absolute Gasteiger partial charge is 0.495 e. The molecule has 0 aliphatic carbocycles. The van der Waals surface area contributed by atoms with Crippen LogP contribution in [-0.2, 0) is 10.0 Å². The number of piperazine rings is 1. The third-order valence-electron chi connectivity index (χ3n) is 4.49. The quantitative estimate of drug-likeness (QED) is 0.695. The molecule has 0 N–H and O–H groups in total. The highest BCUT2D eigenvalue weighted by atomic mass is 79.9. The molecule has 26 heavy (non-hydrogen) atoms. The van der Waals surface area contributed by atoms with Crippen molar-refractivity contribution in [1.82, 2.24) is 4.31 Å². The SMILES string of the molecule is COc1ccc(Br)cc1S(=O)(=O)N1CCN(c2cc(Cl)ccc2C)CC1. The molecule has 2 aromatic rings. The number of ether oxygens (including phenoxy) is 1. The molecule has 1 saturated heterocycles. The summed E-state index contributed by atoms with van der Waals surface area (Å²) in [6, 6.07) is 10.8. The van der Waals surface area contributed by atoms with Crippen LogP contribution in [0.1, 0.15) is 5.56 Å². The van der Waals surface area contributed by atoms with E-state index in [1.807, 2.05) is 25.1 Å². The molecule has 0 atom stereocenters. The Morgan fingerprint density at radius 2 is 1.77 bits per heavy atom. The van der Waals surface area contributed by atoms with E-state index >= 15 is 0 Å². The summed E-state index contributed by atoms with van der Waals surface area (Å²) >= 11 is 9.45. The first-order chi connectivity index (χ1) is 12.3. The van der Waals surface area contributed by atoms with Crippen LogP contribution in [0.25, 0.3) is 0 Å². The first-order valence-corrected chi connectivity index (χ1v) is 10.8. The van der Waals surface area contributed by atoms with Gasteiger partial charge in [0, 0.05) is 41.4 Å². The third kappa shape index (κ3) is 3.86. The molecule has 0 aromatic heterocycles. The Bertz CT molecular complexity index is 913. The minimum atomic E-state index is -3.63. The van der Waals surface area contributed by atoms with Gasteiger partial charge in [-0.2, -0.15) is 4.31 Å². The maximum absolute atomic E-state index is 13.1. The zero-order valence-corrected chi connectivity index (χ0v) is 17.7. The monoisotopic (exact) mass is 458 g/mol. The van der Waals surface area contributed by atoms with Crippen LogP contribution in [0.15, 0.2) is 45.8 Å². The number of sulfonamides is 1. The summed E-state index contributed by atoms with van der Waals surface area (Å²) in [5.74, 6) is 0.348. The van der Waals surface area contributed by atoms with Crippen molar-refractivity contribution in [2.24, 2.45) is 0 Å². The van der Waals surface area contributed by atoms with Crippen LogP contribution in [0.3, 0.4) is 0 Å². The first-order valence-electron chi connectivity index (χ1n) is 8.17. The van der Waals surface area contributed by atoms with Gasteiger partial charge in [-0.15, -0.1) is 0 Å². The lowest BCUT2D eigenvalue weighted by Crippen LogP contribution is -2.48. The third-order valence-corrected chi connectivity index (χ3v) is 7.14. The van der Waals surface area contributed by atoms with Gasteiger partial charge in [-0.3, -0.25) is 0 Å². The van der Waals surface area contributed by atoms with E-state index in [4.69, 9.17) is 16.3 Å². The first kappa shape index (κ1) is 19.5. The fourth-order valence-electron chi connectivity index (χ4n) is 3.08. The van der Waals surface area contributed by atoms with Gasteiger partial charge in [0.1, 0.15) is 10.6 Å². The molecule has 1 heterocycles. The van der Waals surface area contributed by atoms with Gasteiger partial charge >= 0.3 is 0 Å². The molecule has 0 unspecified atom stereocenters. The number of hydrogen-bond donors (Lipinski definition) is 0. The van der Waals surface area contributed by atoms with Crippen LogP contribution in [0.2, 0.25) is 5.02 Å². The summed E-state index contributed by atoms with van der Waals surface area (Å²) in [7, 11) is -2.15. The Hall–Kier alpha value is -1.28. The number of nitrogens with zero attached hydrogens (tertiary/aromatic N) is 2. The molecule has 0 bridgehead atoms. The van der Waals surface area contributed by atoms with Crippen molar-refractivity contribution in [1.29, 1.82) is 0 Å². The number of rotatable bonds is 4. The van der Waals surface area contributed by atoms with Crippen LogP contribution < -0.4 is 9.64 Å². The van der Waals surface area contributed by atoms with E-state index in [9.17, 15) is 8.42 Å². The Morgan fingerprint density at radius 3 is 2.42 bits per heavy atom. The highest BCUT2D eigenvalue weighted by Gasteiger charge is 2.31. The number of hydrogen-bond acceptors (Lipinski definition) is 4. The number of benzene rings is 2. The Labute approximate surface area is 167 Å². The average molecular weight is 460 g/mol. The Balaban J connectivity index is 1.81. The van der Waals surface area contributed by atoms with Gasteiger partial charge in [0.05, 0.1) is 7.11 Å². The van der Waals surface area contributed by atoms with Gasteiger partial charge in [0.2, 0.25) is 10.0 Å². The summed E-state index contributed by atoms with van der Waals surface area (Å²) < 4.78 is 33.6. The van der Waals surface area contributed by atoms with Crippen LogP contribution >= 0.6 is 27.5 Å². The van der Waals surface area contributed by atoms with Crippen molar-refractivity contribution in [3.63, 3.8) is 0 Å². The van der Waals surface area contributed by atoms with Crippen LogP contribution in [0, 0.1) is 6.92 Å². The predicted octanol–water partition coefficient (Wildman–Crippen LogP) is 3.93. The normalized spacial score (nSPS) is 15.9. The molecule has 0 radical (unpaired) electrons. The summed E-state index contributed by atoms with van der Waals surface area (Å²) in [6.45, 7) is 4.06. The zero-order valence-electron chi connectivity index (χ0n) is 14.6. The van der Waals surface area contributed by atoms with Gasteiger partial charge in [0.15, 0.2) is 0 Å². The molecule has 2 aromatic carbocycles. The molecule has 1 fully saturated rings. The van der Waals surface area contributed by atoms with E-state index in [0.717, 1.165) is 11.3 Å². The lowest BCUT2D eigenvalue weighted by atomic mass is 10.1. The second-order valence-corrected chi connectivity index (χ2v) is 9.38. The van der Waals surface area contributed by atoms with E-state index < -0.39 is 10.0 Å². The van der Waals surface area contributed by atoms with Gasteiger partial charge in [0.25, 0.3) is 0 Å². The Morgan fingerprint density at radius 1 is 1.08 bits per heavy atom. The zero-order chi connectivity index (χ0) is 18.9. The van der Waals surface area contributed by atoms with Crippen LogP contribution in [0.5, 0.6) is 5.75 Å². The summed E-state index contributed by atoms with van der Waals surface area (Å²) in [5, 5.41) is 0.680. The van der Waals surface area contributed by atoms with E-state index in [1.165, 1.54) is 11.4 Å². The summed E-state index contributed by atoms with van der Waals surface area (Å²) in [6.07, 6.45) is 0. The molecule has 0 saturated carbocycles. The lowest BCUT2D eigenvalue weighted by molar-refractivity contribution is 0.374. The van der Waals surface area contributed by atoms with Crippen molar-refractivity contribution < 1.29 is 13.2 Å². The maximum Gasteiger partial charge on any atom is 0.246 e. The topological polar surface area (TPSA) is 49.9 Å². The van der Waals surface area contributed by atoms with Gasteiger partial charge in [-0.1, -0.05) is 33.6 Å². The average Bonchev–Trinajstić information content (AvgIpc) is 2.64. The summed E-state index contributed by atoms with van der Waals surface area (Å²) in [5.41, 5.74) is 2.17. The predicted molar refractivity (Wildman–Crippen MR) is 108 cm³/mol. The van der Waals surface area contributed by atoms with Crippen molar-refractivity contribution in [2.45, 2.75) is 11.8 Å². The van der Waals surface area contributed by atoms with Crippen LogP contribution in [0.4, 0.5) is 5.69 Å². The Kier molecular flexibility index (Phi) is 5.81. The molecule has 0 spiro atoms. The van der Waals surface area contributed by atoms with Gasteiger partial charge < -0.3 is 9.64 Å². The number of aryl methyl sites for hydroxylation is 1. The van der Waals surface area contributed by atoms with Crippen molar-refractivity contribution in [3.05, 3.63) is 51.5 Å². The smallest absolute Gasteiger partial charge is 0.246 e. The molecule has 8 heteroatoms. The molecule has 5 nitrogen and oxygen atoms in total. The second kappa shape index (κ2) is 7.76. The highest BCUT2D eigenvalue weighted by Crippen LogP contribution is 2.31. The number of anilines is 1. The molecular weight excluding hydrogens is 440 g/mol. The van der Waals surface area contributed by atoms with E-state index in [0.29, 0.717) is 41.4 Å². The van der Waals surface area contributed by atoms with Gasteiger partial charge in [-0.05, 0) is 42.8 Å². The van der Waals surface area contributed by atoms with Gasteiger partial charge in [-0.25, -0.2) is 8.42 Å². The number of methoxy groups -OCH3 is 1. The fourth-order valence-corrected chi connectivity index (χ4v) is 5.37. The minimum absolute atomic E-state index is 0.182. The van der Waals surface area contributed by atoms with Crippen molar-refractivity contribution in [3.8, 4) is 5.75 Å². The molecule has 140 valence electrons. The van der Waals surface area contributed by atoms with Crippen molar-refractivity contribution in [2.75, 3.05) is 38.2 Å². The second-order valence-electron chi connectivity index (χ2n) is 6.12. The minimum Gasteiger partial charge on any atom is -0.495 e. The maximum atomic E-state index is 13.1. The van der Waals surface area contributed by atoms with Crippen molar-refractivity contribution >= 4 is 43.2 Å². The van der Waals surface area contributed by atoms with Crippen LogP contribution in [-0.4, -0.2) is 46.0 Å². The van der Waals surface area contributed by atoms with E-state index in [1.54, 1.807) is 18.2 Å². The standard InChI is InChI=1S/C18H20BrClN2O3S/c1-13-3-5-15(20)12-16(13)21-7-9-22(10-8-21)26(23,24)18-11-14(19)4-6-17(18)25-2/h3-6,11-12H,7-10H2,1-2H3. The lowest BCUT2D eigenvalue weighted by Gasteiger charge is -2.36. The number of halogens is 2. The molecule has 1 aliphatic rings. The molecular formula is C18H20BrClN2O3S. The van der Waals surface area contributed by atoms with E-state index in [-0.39, 0.29) is 4.90 Å². The van der Waals surface area contributed by atoms with E-state index in [2.05, 4.69) is 20.8 Å². The molecule has 0 amide bonds. The molecule has 3 rings (SSSR count).